The summed E-state index contributed by atoms with van der Waals surface area (Å²) in [7, 11) is 0. The lowest BCUT2D eigenvalue weighted by Gasteiger charge is -2.14. The van der Waals surface area contributed by atoms with Crippen LogP contribution in [0.4, 0.5) is 0 Å². The number of ether oxygens (including phenoxy) is 1. The van der Waals surface area contributed by atoms with Crippen LogP contribution >= 0.6 is 11.6 Å². The molecule has 33 heavy (non-hydrogen) atoms. The first-order valence-corrected chi connectivity index (χ1v) is 11.2. The van der Waals surface area contributed by atoms with Crippen molar-refractivity contribution in [1.82, 2.24) is 19.7 Å². The standard InChI is InChI=1S/C24H25ClN4O4/c1-15-6-3-4-7-17(15)14-28-23(31)21(22(30)26-13-19-8-5-11-33-19)27-29(24(28)32)18-10-9-16(2)20(25)12-18/h3-4,6-7,9-10,12,19H,5,8,11,13-14H2,1-2H3,(H,26,30)/t19-/m0/s1. The highest BCUT2D eigenvalue weighted by atomic mass is 35.5. The van der Waals surface area contributed by atoms with E-state index >= 15 is 0 Å². The summed E-state index contributed by atoms with van der Waals surface area (Å²) in [6.45, 7) is 4.67. The number of carbonyl (C=O) groups excluding carboxylic acids is 1. The molecule has 9 heteroatoms. The van der Waals surface area contributed by atoms with Crippen molar-refractivity contribution >= 4 is 17.5 Å². The molecule has 8 nitrogen and oxygen atoms in total. The minimum atomic E-state index is -0.748. The average Bonchev–Trinajstić information content (AvgIpc) is 3.32. The molecule has 3 aromatic rings. The van der Waals surface area contributed by atoms with Gasteiger partial charge in [0.05, 0.1) is 18.3 Å². The minimum Gasteiger partial charge on any atom is -0.376 e. The topological polar surface area (TPSA) is 95.2 Å². The number of benzene rings is 2. The molecule has 0 unspecified atom stereocenters. The van der Waals surface area contributed by atoms with E-state index in [1.807, 2.05) is 38.1 Å². The molecular weight excluding hydrogens is 444 g/mol. The van der Waals surface area contributed by atoms with Gasteiger partial charge in [0.15, 0.2) is 0 Å². The van der Waals surface area contributed by atoms with Crippen molar-refractivity contribution in [3.8, 4) is 5.69 Å². The molecule has 0 bridgehead atoms. The van der Waals surface area contributed by atoms with Crippen LogP contribution in [0, 0.1) is 13.8 Å². The fourth-order valence-corrected chi connectivity index (χ4v) is 3.91. The van der Waals surface area contributed by atoms with Crippen LogP contribution in [0.1, 0.15) is 40.0 Å². The van der Waals surface area contributed by atoms with Crippen molar-refractivity contribution in [3.05, 3.63) is 90.7 Å². The number of nitrogens with zero attached hydrogens (tertiary/aromatic N) is 3. The number of aromatic nitrogens is 3. The molecule has 2 aromatic carbocycles. The summed E-state index contributed by atoms with van der Waals surface area (Å²) in [5.74, 6) is -0.652. The van der Waals surface area contributed by atoms with Crippen LogP contribution in [0.2, 0.25) is 5.02 Å². The van der Waals surface area contributed by atoms with Gasteiger partial charge in [-0.3, -0.25) is 14.2 Å². The SMILES string of the molecule is Cc1ccc(-n2nc(C(=O)NC[C@@H]3CCCO3)c(=O)n(Cc3ccccc3C)c2=O)cc1Cl. The van der Waals surface area contributed by atoms with E-state index in [2.05, 4.69) is 10.4 Å². The second-order valence-electron chi connectivity index (χ2n) is 8.14. The first-order valence-electron chi connectivity index (χ1n) is 10.8. The van der Waals surface area contributed by atoms with Gasteiger partial charge in [0.2, 0.25) is 5.69 Å². The summed E-state index contributed by atoms with van der Waals surface area (Å²) in [5, 5.41) is 7.31. The van der Waals surface area contributed by atoms with Gasteiger partial charge in [-0.15, -0.1) is 0 Å². The van der Waals surface area contributed by atoms with Crippen molar-refractivity contribution < 1.29 is 9.53 Å². The molecule has 1 atom stereocenters. The molecule has 1 N–H and O–H groups in total. The fourth-order valence-electron chi connectivity index (χ4n) is 3.73. The van der Waals surface area contributed by atoms with E-state index in [1.165, 1.54) is 0 Å². The Bertz CT molecular complexity index is 1310. The second kappa shape index (κ2) is 9.72. The quantitative estimate of drug-likeness (QED) is 0.600. The smallest absolute Gasteiger partial charge is 0.352 e. The molecule has 0 spiro atoms. The maximum atomic E-state index is 13.3. The molecule has 4 rings (SSSR count). The fraction of sp³-hybridized carbons (Fsp3) is 0.333. The number of aryl methyl sites for hydroxylation is 2. The zero-order valence-corrected chi connectivity index (χ0v) is 19.3. The number of hydrogen-bond acceptors (Lipinski definition) is 5. The largest absolute Gasteiger partial charge is 0.376 e. The summed E-state index contributed by atoms with van der Waals surface area (Å²) >= 11 is 6.26. The zero-order chi connectivity index (χ0) is 23.5. The van der Waals surface area contributed by atoms with Gasteiger partial charge in [0, 0.05) is 18.2 Å². The lowest BCUT2D eigenvalue weighted by molar-refractivity contribution is 0.0849. The maximum absolute atomic E-state index is 13.3. The first kappa shape index (κ1) is 22.9. The Morgan fingerprint density at radius 3 is 2.67 bits per heavy atom. The highest BCUT2D eigenvalue weighted by Crippen LogP contribution is 2.18. The Labute approximate surface area is 195 Å². The molecule has 172 valence electrons. The Kier molecular flexibility index (Phi) is 6.76. The normalized spacial score (nSPS) is 15.5. The van der Waals surface area contributed by atoms with Gasteiger partial charge in [-0.1, -0.05) is 41.9 Å². The highest BCUT2D eigenvalue weighted by molar-refractivity contribution is 6.31. The summed E-state index contributed by atoms with van der Waals surface area (Å²) in [6, 6.07) is 12.5. The maximum Gasteiger partial charge on any atom is 0.352 e. The zero-order valence-electron chi connectivity index (χ0n) is 18.5. The summed E-state index contributed by atoms with van der Waals surface area (Å²) in [4.78, 5) is 39.5. The molecule has 1 aliphatic rings. The number of nitrogens with one attached hydrogen (secondary N) is 1. The molecule has 1 aliphatic heterocycles. The van der Waals surface area contributed by atoms with E-state index in [9.17, 15) is 14.4 Å². The van der Waals surface area contributed by atoms with E-state index in [0.29, 0.717) is 17.3 Å². The van der Waals surface area contributed by atoms with Crippen molar-refractivity contribution in [2.24, 2.45) is 0 Å². The molecule has 0 radical (unpaired) electrons. The van der Waals surface area contributed by atoms with Crippen molar-refractivity contribution in [3.63, 3.8) is 0 Å². The number of rotatable bonds is 6. The van der Waals surface area contributed by atoms with Gasteiger partial charge in [-0.2, -0.15) is 9.78 Å². The van der Waals surface area contributed by atoms with Gasteiger partial charge in [-0.25, -0.2) is 4.79 Å². The summed E-state index contributed by atoms with van der Waals surface area (Å²) < 4.78 is 7.61. The summed E-state index contributed by atoms with van der Waals surface area (Å²) in [6.07, 6.45) is 1.68. The van der Waals surface area contributed by atoms with Crippen LogP contribution in [0.5, 0.6) is 0 Å². The van der Waals surface area contributed by atoms with E-state index in [4.69, 9.17) is 16.3 Å². The number of halogens is 1. The van der Waals surface area contributed by atoms with Crippen LogP contribution in [0.3, 0.4) is 0 Å². The summed E-state index contributed by atoms with van der Waals surface area (Å²) in [5.41, 5.74) is 1.15. The lowest BCUT2D eigenvalue weighted by atomic mass is 10.1. The van der Waals surface area contributed by atoms with Crippen LogP contribution in [0.25, 0.3) is 5.69 Å². The Morgan fingerprint density at radius 2 is 1.97 bits per heavy atom. The third-order valence-corrected chi connectivity index (χ3v) is 6.19. The molecule has 1 aromatic heterocycles. The minimum absolute atomic E-state index is 0.0124. The number of hydrogen-bond donors (Lipinski definition) is 1. The van der Waals surface area contributed by atoms with Gasteiger partial charge >= 0.3 is 5.69 Å². The predicted molar refractivity (Wildman–Crippen MR) is 125 cm³/mol. The first-order chi connectivity index (χ1) is 15.8. The van der Waals surface area contributed by atoms with Crippen molar-refractivity contribution in [2.75, 3.05) is 13.2 Å². The van der Waals surface area contributed by atoms with E-state index in [-0.39, 0.29) is 24.9 Å². The third-order valence-electron chi connectivity index (χ3n) is 5.78. The molecule has 0 aliphatic carbocycles. The molecule has 1 amide bonds. The molecule has 2 heterocycles. The van der Waals surface area contributed by atoms with Crippen LogP contribution in [-0.4, -0.2) is 39.5 Å². The van der Waals surface area contributed by atoms with Crippen LogP contribution in [0.15, 0.2) is 52.1 Å². The van der Waals surface area contributed by atoms with Gasteiger partial charge in [-0.05, 0) is 55.5 Å². The van der Waals surface area contributed by atoms with Crippen LogP contribution < -0.4 is 16.6 Å². The Morgan fingerprint density at radius 1 is 1.18 bits per heavy atom. The molecular formula is C24H25ClN4O4. The van der Waals surface area contributed by atoms with Crippen LogP contribution in [-0.2, 0) is 11.3 Å². The number of carbonyl (C=O) groups is 1. The van der Waals surface area contributed by atoms with Crippen molar-refractivity contribution in [1.29, 1.82) is 0 Å². The number of amides is 1. The Hall–Kier alpha value is -3.23. The van der Waals surface area contributed by atoms with Crippen molar-refractivity contribution in [2.45, 2.75) is 39.3 Å². The molecule has 1 saturated heterocycles. The van der Waals surface area contributed by atoms with Gasteiger partial charge < -0.3 is 10.1 Å². The Balaban J connectivity index is 1.80. The highest BCUT2D eigenvalue weighted by Gasteiger charge is 2.23. The average molecular weight is 469 g/mol. The molecule has 1 fully saturated rings. The van der Waals surface area contributed by atoms with Gasteiger partial charge in [0.25, 0.3) is 11.5 Å². The lowest BCUT2D eigenvalue weighted by Crippen LogP contribution is -2.46. The molecule has 0 saturated carbocycles. The monoisotopic (exact) mass is 468 g/mol. The predicted octanol–water partition coefficient (Wildman–Crippen LogP) is 2.62. The van der Waals surface area contributed by atoms with Gasteiger partial charge in [0.1, 0.15) is 0 Å². The van der Waals surface area contributed by atoms with E-state index in [1.54, 1.807) is 18.2 Å². The van der Waals surface area contributed by atoms with E-state index in [0.717, 1.165) is 38.8 Å². The third kappa shape index (κ3) is 4.91. The second-order valence-corrected chi connectivity index (χ2v) is 8.55. The van der Waals surface area contributed by atoms with E-state index < -0.39 is 17.2 Å².